The normalized spacial score (nSPS) is 19.7. The van der Waals surface area contributed by atoms with Crippen molar-refractivity contribution in [1.82, 2.24) is 4.90 Å². The number of halogens is 2. The third-order valence-corrected chi connectivity index (χ3v) is 6.15. The van der Waals surface area contributed by atoms with Gasteiger partial charge in [-0.05, 0) is 53.0 Å². The highest BCUT2D eigenvalue weighted by atomic mass is 79.9. The zero-order chi connectivity index (χ0) is 19.9. The first-order valence-corrected chi connectivity index (χ1v) is 9.74. The van der Waals surface area contributed by atoms with Crippen molar-refractivity contribution in [2.75, 3.05) is 13.7 Å². The number of hydrogen-bond donors (Lipinski definition) is 1. The van der Waals surface area contributed by atoms with Crippen molar-refractivity contribution >= 4 is 38.0 Å². The van der Waals surface area contributed by atoms with Crippen LogP contribution >= 0.6 is 15.9 Å². The van der Waals surface area contributed by atoms with Crippen LogP contribution < -0.4 is 0 Å². The van der Waals surface area contributed by atoms with Gasteiger partial charge in [-0.3, -0.25) is 0 Å². The second-order valence-corrected chi connectivity index (χ2v) is 7.49. The quantitative estimate of drug-likeness (QED) is 0.560. The molecule has 0 saturated carbocycles. The maximum absolute atomic E-state index is 13.4. The molecule has 3 rings (SSSR count). The molecule has 0 radical (unpaired) electrons. The lowest BCUT2D eigenvalue weighted by molar-refractivity contribution is -0.139. The number of carbonyl (C=O) groups is 1. The van der Waals surface area contributed by atoms with Crippen molar-refractivity contribution in [3.63, 3.8) is 0 Å². The van der Waals surface area contributed by atoms with Crippen LogP contribution in [0.5, 0.6) is 0 Å². The van der Waals surface area contributed by atoms with Crippen molar-refractivity contribution in [1.29, 1.82) is 0 Å². The maximum Gasteiger partial charge on any atom is 0.337 e. The molecule has 1 aromatic carbocycles. The molecule has 1 aromatic rings. The van der Waals surface area contributed by atoms with Crippen LogP contribution in [0.4, 0.5) is 4.39 Å². The number of esters is 1. The molecule has 1 N–H and O–H groups in total. The number of carbonyl (C=O) groups excluding carboxylic acids is 1. The lowest BCUT2D eigenvalue weighted by Gasteiger charge is -2.28. The molecular formula is C19H17BrFNO4S. The molecule has 1 aliphatic heterocycles. The van der Waals surface area contributed by atoms with Crippen molar-refractivity contribution < 1.29 is 23.2 Å². The van der Waals surface area contributed by atoms with Gasteiger partial charge in [0.25, 0.3) is 0 Å². The van der Waals surface area contributed by atoms with Crippen LogP contribution in [0.25, 0.3) is 0 Å². The Kier molecular flexibility index (Phi) is 5.39. The Morgan fingerprint density at radius 1 is 1.37 bits per heavy atom. The number of fused-ring (bicyclic) bond motifs is 1. The first kappa shape index (κ1) is 19.6. The number of hydrogen-bond acceptors (Lipinski definition) is 5. The van der Waals surface area contributed by atoms with Gasteiger partial charge < -0.3 is 14.7 Å². The van der Waals surface area contributed by atoms with Gasteiger partial charge in [-0.2, -0.15) is 0 Å². The molecule has 0 fully saturated rings. The van der Waals surface area contributed by atoms with Gasteiger partial charge in [0.05, 0.1) is 28.4 Å². The average Bonchev–Trinajstić information content (AvgIpc) is 2.94. The fourth-order valence-corrected chi connectivity index (χ4v) is 4.47. The van der Waals surface area contributed by atoms with Crippen LogP contribution in [0.2, 0.25) is 0 Å². The molecule has 0 bridgehead atoms. The van der Waals surface area contributed by atoms with E-state index in [1.165, 1.54) is 12.1 Å². The summed E-state index contributed by atoms with van der Waals surface area (Å²) in [5.74, 6) is -1.17. The fraction of sp³-hybridized carbons (Fsp3) is 0.263. The van der Waals surface area contributed by atoms with E-state index in [9.17, 15) is 18.5 Å². The Morgan fingerprint density at radius 3 is 2.56 bits per heavy atom. The summed E-state index contributed by atoms with van der Waals surface area (Å²) in [7, 11) is 1.79. The Labute approximate surface area is 168 Å². The minimum Gasteiger partial charge on any atom is -0.505 e. The highest BCUT2D eigenvalue weighted by molar-refractivity contribution is 9.12. The van der Waals surface area contributed by atoms with Crippen molar-refractivity contribution in [3.8, 4) is 0 Å². The number of rotatable bonds is 3. The minimum atomic E-state index is -0.575. The zero-order valence-electron chi connectivity index (χ0n) is 14.9. The summed E-state index contributed by atoms with van der Waals surface area (Å²) in [4.78, 5) is 14.7. The van der Waals surface area contributed by atoms with E-state index in [1.807, 2.05) is 4.90 Å². The predicted molar refractivity (Wildman–Crippen MR) is 105 cm³/mol. The van der Waals surface area contributed by atoms with Gasteiger partial charge in [0.15, 0.2) is 5.76 Å². The third-order valence-electron chi connectivity index (χ3n) is 4.62. The largest absolute Gasteiger partial charge is 0.505 e. The van der Waals surface area contributed by atoms with Gasteiger partial charge in [0.1, 0.15) is 21.9 Å². The van der Waals surface area contributed by atoms with Crippen LogP contribution in [0.1, 0.15) is 25.5 Å². The Bertz CT molecular complexity index is 974. The number of aliphatic hydroxyl groups is 1. The van der Waals surface area contributed by atoms with E-state index in [-0.39, 0.29) is 39.9 Å². The number of benzene rings is 1. The highest BCUT2D eigenvalue weighted by Gasteiger charge is 2.45. The third kappa shape index (κ3) is 3.06. The first-order chi connectivity index (χ1) is 12.8. The van der Waals surface area contributed by atoms with Gasteiger partial charge in [-0.15, -0.1) is 0 Å². The van der Waals surface area contributed by atoms with E-state index in [2.05, 4.69) is 15.9 Å². The molecule has 1 unspecified atom stereocenters. The Morgan fingerprint density at radius 2 is 2.00 bits per heavy atom. The second kappa shape index (κ2) is 7.44. The molecule has 5 nitrogen and oxygen atoms in total. The van der Waals surface area contributed by atoms with Crippen LogP contribution in [0, 0.1) is 5.82 Å². The molecular weight excluding hydrogens is 437 g/mol. The lowest BCUT2D eigenvalue weighted by atomic mass is 9.92. The van der Waals surface area contributed by atoms with Crippen molar-refractivity contribution in [2.24, 2.45) is 0 Å². The molecule has 2 aliphatic rings. The van der Waals surface area contributed by atoms with Crippen LogP contribution in [-0.4, -0.2) is 38.7 Å². The predicted octanol–water partition coefficient (Wildman–Crippen LogP) is 3.51. The van der Waals surface area contributed by atoms with Crippen LogP contribution in [-0.2, 0) is 20.8 Å². The molecule has 1 aliphatic carbocycles. The van der Waals surface area contributed by atoms with Crippen molar-refractivity contribution in [2.45, 2.75) is 19.9 Å². The molecule has 1 heterocycles. The smallest absolute Gasteiger partial charge is 0.337 e. The number of likely N-dealkylation sites (N-methyl/N-ethyl adjacent to an activating group) is 1. The van der Waals surface area contributed by atoms with Gasteiger partial charge in [0.2, 0.25) is 0 Å². The summed E-state index contributed by atoms with van der Waals surface area (Å²) in [6.07, 6.45) is 0. The number of aliphatic hydroxyl groups excluding tert-OH is 1. The van der Waals surface area contributed by atoms with Crippen LogP contribution in [0.3, 0.4) is 0 Å². The van der Waals surface area contributed by atoms with Gasteiger partial charge in [0, 0.05) is 12.6 Å². The molecule has 8 heteroatoms. The number of ether oxygens (including phenoxy) is 1. The molecule has 1 atom stereocenters. The van der Waals surface area contributed by atoms with Gasteiger partial charge >= 0.3 is 5.97 Å². The van der Waals surface area contributed by atoms with E-state index in [0.717, 1.165) is 0 Å². The molecule has 0 aromatic heterocycles. The number of nitrogens with zero attached hydrogens (tertiary/aromatic N) is 1. The van der Waals surface area contributed by atoms with E-state index in [1.54, 1.807) is 33.0 Å². The topological polar surface area (TPSA) is 66.8 Å². The zero-order valence-corrected chi connectivity index (χ0v) is 17.3. The van der Waals surface area contributed by atoms with E-state index < -0.39 is 12.0 Å². The Balaban J connectivity index is 2.34. The van der Waals surface area contributed by atoms with Gasteiger partial charge in [-0.1, -0.05) is 12.1 Å². The summed E-state index contributed by atoms with van der Waals surface area (Å²) in [5.41, 5.74) is 2.63. The number of allylic oxidation sites excluding steroid dienone is 4. The summed E-state index contributed by atoms with van der Waals surface area (Å²) < 4.78 is 30.8. The second-order valence-electron chi connectivity index (χ2n) is 6.12. The van der Waals surface area contributed by atoms with E-state index in [0.29, 0.717) is 26.9 Å². The summed E-state index contributed by atoms with van der Waals surface area (Å²) >= 11 is 3.44. The fourth-order valence-electron chi connectivity index (χ4n) is 3.48. The lowest BCUT2D eigenvalue weighted by Crippen LogP contribution is -2.24. The average molecular weight is 454 g/mol. The van der Waals surface area contributed by atoms with Crippen molar-refractivity contribution in [3.05, 3.63) is 68.3 Å². The molecule has 0 amide bonds. The molecule has 142 valence electrons. The summed E-state index contributed by atoms with van der Waals surface area (Å²) in [5, 5.41) is 10.5. The molecule has 0 spiro atoms. The highest BCUT2D eigenvalue weighted by Crippen LogP contribution is 2.48. The summed E-state index contributed by atoms with van der Waals surface area (Å²) in [6, 6.07) is 5.25. The molecule has 0 saturated heterocycles. The molecule has 27 heavy (non-hydrogen) atoms. The monoisotopic (exact) mass is 453 g/mol. The first-order valence-electron chi connectivity index (χ1n) is 8.20. The minimum absolute atomic E-state index is 0.0574. The van der Waals surface area contributed by atoms with Crippen LogP contribution in [0.15, 0.2) is 56.9 Å². The summed E-state index contributed by atoms with van der Waals surface area (Å²) in [6.45, 7) is 3.64. The van der Waals surface area contributed by atoms with Gasteiger partial charge in [-0.25, -0.2) is 13.4 Å². The SMILES string of the molecule is CCOC(=O)C1=C2C(=S=O)C(O)=C(Br)C(C)=C2N(C)C1c1ccc(F)cc1. The maximum atomic E-state index is 13.4. The Hall–Kier alpha value is -2.19. The van der Waals surface area contributed by atoms with E-state index >= 15 is 0 Å². The van der Waals surface area contributed by atoms with E-state index in [4.69, 9.17) is 4.74 Å². The standard InChI is InChI=1S/C19H17BrFNO4S/c1-4-26-19(24)13-12-15(9(2)14(20)17(23)18(12)27-25)22(3)16(13)10-5-7-11(21)8-6-10/h5-8,16,23H,4H2,1-3H3.